The smallest absolute Gasteiger partial charge is 0.221 e. The average Bonchev–Trinajstić information content (AvgIpc) is 2.85. The second-order valence-corrected chi connectivity index (χ2v) is 4.98. The van der Waals surface area contributed by atoms with E-state index < -0.39 is 0 Å². The number of carbonyl (C=O) groups is 1. The van der Waals surface area contributed by atoms with Gasteiger partial charge in [-0.25, -0.2) is 0 Å². The minimum absolute atomic E-state index is 0.164. The van der Waals surface area contributed by atoms with Crippen molar-refractivity contribution in [3.8, 4) is 0 Å². The maximum atomic E-state index is 11.8. The minimum atomic E-state index is 0.164. The van der Waals surface area contributed by atoms with Crippen LogP contribution in [0.2, 0.25) is 0 Å². The second kappa shape index (κ2) is 6.55. The number of hydrogen-bond donors (Lipinski definition) is 2. The highest BCUT2D eigenvalue weighted by molar-refractivity contribution is 5.76. The molecule has 0 aromatic heterocycles. The van der Waals surface area contributed by atoms with Crippen molar-refractivity contribution in [2.24, 2.45) is 0 Å². The van der Waals surface area contributed by atoms with Crippen molar-refractivity contribution in [2.45, 2.75) is 37.6 Å². The zero-order valence-corrected chi connectivity index (χ0v) is 11.0. The number of rotatable bonds is 5. The van der Waals surface area contributed by atoms with Gasteiger partial charge < -0.3 is 10.6 Å². The molecule has 1 amide bonds. The van der Waals surface area contributed by atoms with E-state index in [0.29, 0.717) is 18.4 Å². The molecule has 1 saturated carbocycles. The molecule has 2 unspecified atom stereocenters. The molecule has 1 aromatic carbocycles. The molecule has 3 nitrogen and oxygen atoms in total. The van der Waals surface area contributed by atoms with Gasteiger partial charge in [-0.05, 0) is 25.5 Å². The molecular weight excluding hydrogens is 224 g/mol. The fraction of sp³-hybridized carbons (Fsp3) is 0.533. The standard InChI is InChI=1S/C15H22N2O/c1-16-11-10-15(18)17-14-9-5-8-13(14)12-6-3-2-4-7-12/h2-4,6-7,13-14,16H,5,8-11H2,1H3,(H,17,18). The number of hydrogen-bond acceptors (Lipinski definition) is 2. The van der Waals surface area contributed by atoms with E-state index in [9.17, 15) is 4.79 Å². The molecule has 0 bridgehead atoms. The maximum absolute atomic E-state index is 11.8. The van der Waals surface area contributed by atoms with E-state index in [4.69, 9.17) is 0 Å². The summed E-state index contributed by atoms with van der Waals surface area (Å²) in [6.07, 6.45) is 4.05. The molecule has 0 heterocycles. The molecule has 1 aliphatic rings. The molecule has 2 N–H and O–H groups in total. The Morgan fingerprint density at radius 2 is 2.06 bits per heavy atom. The molecule has 1 aliphatic carbocycles. The SMILES string of the molecule is CNCCC(=O)NC1CCCC1c1ccccc1. The summed E-state index contributed by atoms with van der Waals surface area (Å²) in [5.74, 6) is 0.655. The summed E-state index contributed by atoms with van der Waals surface area (Å²) in [5, 5.41) is 6.19. The Hall–Kier alpha value is -1.35. The number of benzene rings is 1. The van der Waals surface area contributed by atoms with Crippen LogP contribution in [-0.2, 0) is 4.79 Å². The fourth-order valence-electron chi connectivity index (χ4n) is 2.75. The van der Waals surface area contributed by atoms with Crippen molar-refractivity contribution in [3.63, 3.8) is 0 Å². The van der Waals surface area contributed by atoms with Gasteiger partial charge in [0.1, 0.15) is 0 Å². The Morgan fingerprint density at radius 1 is 1.28 bits per heavy atom. The Balaban J connectivity index is 1.94. The van der Waals surface area contributed by atoms with Crippen LogP contribution in [0.4, 0.5) is 0 Å². The molecule has 98 valence electrons. The van der Waals surface area contributed by atoms with Crippen LogP contribution in [0.1, 0.15) is 37.2 Å². The number of amides is 1. The van der Waals surface area contributed by atoms with Crippen molar-refractivity contribution in [1.29, 1.82) is 0 Å². The van der Waals surface area contributed by atoms with E-state index in [2.05, 4.69) is 34.9 Å². The van der Waals surface area contributed by atoms with E-state index in [1.165, 1.54) is 18.4 Å². The molecule has 0 saturated heterocycles. The van der Waals surface area contributed by atoms with Crippen molar-refractivity contribution in [1.82, 2.24) is 10.6 Å². The summed E-state index contributed by atoms with van der Waals surface area (Å²) in [6, 6.07) is 10.8. The molecule has 18 heavy (non-hydrogen) atoms. The lowest BCUT2D eigenvalue weighted by Gasteiger charge is -2.21. The number of carbonyl (C=O) groups excluding carboxylic acids is 1. The molecule has 0 aliphatic heterocycles. The first-order valence-electron chi connectivity index (χ1n) is 6.80. The first kappa shape index (κ1) is 13.1. The predicted octanol–water partition coefficient (Wildman–Crippen LogP) is 2.05. The Labute approximate surface area is 109 Å². The van der Waals surface area contributed by atoms with E-state index in [-0.39, 0.29) is 5.91 Å². The normalized spacial score (nSPS) is 22.9. The van der Waals surface area contributed by atoms with Gasteiger partial charge in [-0.1, -0.05) is 36.8 Å². The van der Waals surface area contributed by atoms with Crippen LogP contribution in [0.15, 0.2) is 30.3 Å². The topological polar surface area (TPSA) is 41.1 Å². The zero-order chi connectivity index (χ0) is 12.8. The van der Waals surface area contributed by atoms with Crippen LogP contribution >= 0.6 is 0 Å². The molecule has 1 aromatic rings. The summed E-state index contributed by atoms with van der Waals surface area (Å²) in [4.78, 5) is 11.8. The fourth-order valence-corrected chi connectivity index (χ4v) is 2.75. The predicted molar refractivity (Wildman–Crippen MR) is 73.5 cm³/mol. The molecule has 3 heteroatoms. The van der Waals surface area contributed by atoms with E-state index in [0.717, 1.165) is 13.0 Å². The minimum Gasteiger partial charge on any atom is -0.353 e. The van der Waals surface area contributed by atoms with Crippen LogP contribution in [0.25, 0.3) is 0 Å². The lowest BCUT2D eigenvalue weighted by molar-refractivity contribution is -0.121. The largest absolute Gasteiger partial charge is 0.353 e. The first-order chi connectivity index (χ1) is 8.81. The Morgan fingerprint density at radius 3 is 2.78 bits per heavy atom. The monoisotopic (exact) mass is 246 g/mol. The molecule has 2 rings (SSSR count). The number of nitrogens with one attached hydrogen (secondary N) is 2. The lowest BCUT2D eigenvalue weighted by atomic mass is 9.94. The zero-order valence-electron chi connectivity index (χ0n) is 11.0. The highest BCUT2D eigenvalue weighted by Crippen LogP contribution is 2.34. The van der Waals surface area contributed by atoms with Crippen molar-refractivity contribution < 1.29 is 4.79 Å². The quantitative estimate of drug-likeness (QED) is 0.835. The van der Waals surface area contributed by atoms with Gasteiger partial charge in [-0.2, -0.15) is 0 Å². The molecule has 2 atom stereocenters. The van der Waals surface area contributed by atoms with Gasteiger partial charge in [0.05, 0.1) is 0 Å². The molecule has 0 spiro atoms. The van der Waals surface area contributed by atoms with Crippen LogP contribution < -0.4 is 10.6 Å². The summed E-state index contributed by atoms with van der Waals surface area (Å²) < 4.78 is 0. The van der Waals surface area contributed by atoms with Gasteiger partial charge >= 0.3 is 0 Å². The molecule has 0 radical (unpaired) electrons. The van der Waals surface area contributed by atoms with Gasteiger partial charge in [0, 0.05) is 24.9 Å². The summed E-state index contributed by atoms with van der Waals surface area (Å²) in [7, 11) is 1.87. The second-order valence-electron chi connectivity index (χ2n) is 4.98. The Bertz CT molecular complexity index is 377. The van der Waals surface area contributed by atoms with E-state index in [1.807, 2.05) is 13.1 Å². The van der Waals surface area contributed by atoms with E-state index >= 15 is 0 Å². The van der Waals surface area contributed by atoms with Gasteiger partial charge in [-0.15, -0.1) is 0 Å². The average molecular weight is 246 g/mol. The van der Waals surface area contributed by atoms with Crippen LogP contribution in [0, 0.1) is 0 Å². The third kappa shape index (κ3) is 3.33. The maximum Gasteiger partial charge on any atom is 0.221 e. The molecule has 1 fully saturated rings. The van der Waals surface area contributed by atoms with Crippen molar-refractivity contribution in [2.75, 3.05) is 13.6 Å². The van der Waals surface area contributed by atoms with Crippen LogP contribution in [0.5, 0.6) is 0 Å². The van der Waals surface area contributed by atoms with Gasteiger partial charge in [0.25, 0.3) is 0 Å². The van der Waals surface area contributed by atoms with Crippen molar-refractivity contribution >= 4 is 5.91 Å². The highest BCUT2D eigenvalue weighted by atomic mass is 16.1. The van der Waals surface area contributed by atoms with Crippen LogP contribution in [-0.4, -0.2) is 25.5 Å². The third-order valence-corrected chi connectivity index (χ3v) is 3.69. The summed E-state index contributed by atoms with van der Waals surface area (Å²) >= 11 is 0. The van der Waals surface area contributed by atoms with Crippen LogP contribution in [0.3, 0.4) is 0 Å². The Kier molecular flexibility index (Phi) is 4.76. The molecular formula is C15H22N2O. The summed E-state index contributed by atoms with van der Waals surface area (Å²) in [6.45, 7) is 0.745. The summed E-state index contributed by atoms with van der Waals surface area (Å²) in [5.41, 5.74) is 1.36. The van der Waals surface area contributed by atoms with Crippen molar-refractivity contribution in [3.05, 3.63) is 35.9 Å². The highest BCUT2D eigenvalue weighted by Gasteiger charge is 2.29. The third-order valence-electron chi connectivity index (χ3n) is 3.69. The first-order valence-corrected chi connectivity index (χ1v) is 6.80. The van der Waals surface area contributed by atoms with E-state index in [1.54, 1.807) is 0 Å². The van der Waals surface area contributed by atoms with Gasteiger partial charge in [0.2, 0.25) is 5.91 Å². The van der Waals surface area contributed by atoms with Gasteiger partial charge in [-0.3, -0.25) is 4.79 Å². The van der Waals surface area contributed by atoms with Gasteiger partial charge in [0.15, 0.2) is 0 Å². The lowest BCUT2D eigenvalue weighted by Crippen LogP contribution is -2.37.